The molecule has 24 heavy (non-hydrogen) atoms. The van der Waals surface area contributed by atoms with Gasteiger partial charge in [-0.2, -0.15) is 0 Å². The zero-order valence-electron chi connectivity index (χ0n) is 14.7. The predicted molar refractivity (Wildman–Crippen MR) is 104 cm³/mol. The molecule has 0 amide bonds. The number of alkyl halides is 1. The first-order valence-electron chi connectivity index (χ1n) is 9.18. The minimum atomic E-state index is 0.748. The van der Waals surface area contributed by atoms with E-state index in [0.717, 1.165) is 56.7 Å². The number of nitrogens with zero attached hydrogens (tertiary/aromatic N) is 2. The lowest BCUT2D eigenvalue weighted by molar-refractivity contribution is 0.334. The topological polar surface area (TPSA) is 28.2 Å². The molecule has 0 fully saturated rings. The lowest BCUT2D eigenvalue weighted by Crippen LogP contribution is -2.23. The zero-order valence-corrected chi connectivity index (χ0v) is 15.4. The Morgan fingerprint density at radius 2 is 1.92 bits per heavy atom. The van der Waals surface area contributed by atoms with Crippen LogP contribution < -0.4 is 5.32 Å². The Bertz CT molecular complexity index is 671. The van der Waals surface area contributed by atoms with Gasteiger partial charge >= 0.3 is 0 Å². The zero-order chi connectivity index (χ0) is 16.8. The summed E-state index contributed by atoms with van der Waals surface area (Å²) in [6.45, 7) is 3.19. The Kier molecular flexibility index (Phi) is 6.33. The van der Waals surface area contributed by atoms with Crippen LogP contribution in [0.25, 0.3) is 10.9 Å². The molecule has 1 aliphatic carbocycles. The van der Waals surface area contributed by atoms with Crippen molar-refractivity contribution in [2.75, 3.05) is 37.9 Å². The second kappa shape index (κ2) is 8.68. The van der Waals surface area contributed by atoms with Crippen LogP contribution in [-0.4, -0.2) is 42.4 Å². The van der Waals surface area contributed by atoms with Crippen LogP contribution in [0, 0.1) is 0 Å². The lowest BCUT2D eigenvalue weighted by atomic mass is 9.92. The fourth-order valence-electron chi connectivity index (χ4n) is 3.58. The highest BCUT2D eigenvalue weighted by Crippen LogP contribution is 2.33. The third-order valence-corrected chi connectivity index (χ3v) is 5.13. The molecule has 1 heterocycles. The summed E-state index contributed by atoms with van der Waals surface area (Å²) < 4.78 is 0. The minimum absolute atomic E-state index is 0.748. The Balaban J connectivity index is 1.69. The van der Waals surface area contributed by atoms with Crippen LogP contribution in [0.4, 0.5) is 5.69 Å². The Hall–Kier alpha value is -1.32. The van der Waals surface area contributed by atoms with Gasteiger partial charge in [0, 0.05) is 29.2 Å². The average molecular weight is 346 g/mol. The van der Waals surface area contributed by atoms with Gasteiger partial charge in [-0.3, -0.25) is 4.98 Å². The summed E-state index contributed by atoms with van der Waals surface area (Å²) in [5.41, 5.74) is 5.22. The van der Waals surface area contributed by atoms with Crippen molar-refractivity contribution >= 4 is 28.2 Å². The molecule has 1 aromatic carbocycles. The SMILES string of the molecule is CN(CCCCl)CCCNc1c2c(nc3ccccc13)CCCC2. The first kappa shape index (κ1) is 17.5. The first-order chi connectivity index (χ1) is 11.8. The van der Waals surface area contributed by atoms with Crippen LogP contribution >= 0.6 is 11.6 Å². The monoisotopic (exact) mass is 345 g/mol. The molecule has 3 nitrogen and oxygen atoms in total. The molecule has 0 saturated heterocycles. The quantitative estimate of drug-likeness (QED) is 0.565. The van der Waals surface area contributed by atoms with Gasteiger partial charge in [-0.15, -0.1) is 11.6 Å². The van der Waals surface area contributed by atoms with Gasteiger partial charge in [-0.1, -0.05) is 18.2 Å². The summed E-state index contributed by atoms with van der Waals surface area (Å²) >= 11 is 5.76. The highest BCUT2D eigenvalue weighted by Gasteiger charge is 2.17. The van der Waals surface area contributed by atoms with Gasteiger partial charge in [0.1, 0.15) is 0 Å². The van der Waals surface area contributed by atoms with Crippen molar-refractivity contribution < 1.29 is 0 Å². The molecule has 1 N–H and O–H groups in total. The van der Waals surface area contributed by atoms with E-state index in [9.17, 15) is 0 Å². The molecular weight excluding hydrogens is 318 g/mol. The maximum absolute atomic E-state index is 5.76. The summed E-state index contributed by atoms with van der Waals surface area (Å²) in [7, 11) is 2.18. The number of nitrogens with one attached hydrogen (secondary N) is 1. The van der Waals surface area contributed by atoms with Crippen LogP contribution in [0.15, 0.2) is 24.3 Å². The van der Waals surface area contributed by atoms with Crippen molar-refractivity contribution in [1.29, 1.82) is 0 Å². The van der Waals surface area contributed by atoms with Crippen molar-refractivity contribution in [3.63, 3.8) is 0 Å². The van der Waals surface area contributed by atoms with Crippen LogP contribution in [0.3, 0.4) is 0 Å². The molecule has 0 atom stereocenters. The number of fused-ring (bicyclic) bond motifs is 2. The number of aromatic nitrogens is 1. The molecule has 0 spiro atoms. The Labute approximate surface area is 150 Å². The van der Waals surface area contributed by atoms with Gasteiger partial charge in [0.2, 0.25) is 0 Å². The van der Waals surface area contributed by atoms with Gasteiger partial charge in [-0.25, -0.2) is 0 Å². The third-order valence-electron chi connectivity index (χ3n) is 4.86. The molecular formula is C20H28ClN3. The molecule has 4 heteroatoms. The van der Waals surface area contributed by atoms with Crippen molar-refractivity contribution in [3.8, 4) is 0 Å². The van der Waals surface area contributed by atoms with Crippen molar-refractivity contribution in [2.24, 2.45) is 0 Å². The number of aryl methyl sites for hydroxylation is 1. The standard InChI is InChI=1S/C20H28ClN3/c1-24(14-6-12-21)15-7-13-22-20-16-8-2-4-10-18(16)23-19-11-5-3-9-17(19)20/h2,4,8,10H,3,5-7,9,11-15H2,1H3,(H,22,23). The summed E-state index contributed by atoms with van der Waals surface area (Å²) in [6, 6.07) is 8.53. The number of pyridine rings is 1. The van der Waals surface area contributed by atoms with Gasteiger partial charge in [-0.05, 0) is 70.3 Å². The lowest BCUT2D eigenvalue weighted by Gasteiger charge is -2.22. The minimum Gasteiger partial charge on any atom is -0.384 e. The maximum Gasteiger partial charge on any atom is 0.0726 e. The van der Waals surface area contributed by atoms with Crippen molar-refractivity contribution in [1.82, 2.24) is 9.88 Å². The van der Waals surface area contributed by atoms with E-state index in [0.29, 0.717) is 0 Å². The van der Waals surface area contributed by atoms with Crippen LogP contribution in [0.2, 0.25) is 0 Å². The van der Waals surface area contributed by atoms with E-state index < -0.39 is 0 Å². The molecule has 130 valence electrons. The number of hydrogen-bond donors (Lipinski definition) is 1. The van der Waals surface area contributed by atoms with Crippen LogP contribution in [0.1, 0.15) is 36.9 Å². The number of hydrogen-bond acceptors (Lipinski definition) is 3. The van der Waals surface area contributed by atoms with Gasteiger partial charge < -0.3 is 10.2 Å². The summed E-state index contributed by atoms with van der Waals surface area (Å²) in [6.07, 6.45) is 7.03. The molecule has 1 aromatic heterocycles. The highest BCUT2D eigenvalue weighted by molar-refractivity contribution is 6.17. The van der Waals surface area contributed by atoms with Crippen LogP contribution in [0.5, 0.6) is 0 Å². The van der Waals surface area contributed by atoms with E-state index in [2.05, 4.69) is 41.5 Å². The molecule has 2 aromatic rings. The predicted octanol–water partition coefficient (Wildman–Crippen LogP) is 4.48. The van der Waals surface area contributed by atoms with Crippen molar-refractivity contribution in [3.05, 3.63) is 35.5 Å². The second-order valence-corrected chi connectivity index (χ2v) is 7.14. The molecule has 0 bridgehead atoms. The van der Waals surface area contributed by atoms with Gasteiger partial charge in [0.05, 0.1) is 5.52 Å². The number of anilines is 1. The molecule has 3 rings (SSSR count). The number of halogens is 1. The van der Waals surface area contributed by atoms with Gasteiger partial charge in [0.25, 0.3) is 0 Å². The fourth-order valence-corrected chi connectivity index (χ4v) is 3.70. The normalized spacial score (nSPS) is 14.1. The second-order valence-electron chi connectivity index (χ2n) is 6.76. The smallest absolute Gasteiger partial charge is 0.0726 e. The molecule has 1 aliphatic rings. The van der Waals surface area contributed by atoms with E-state index in [-0.39, 0.29) is 0 Å². The number of benzene rings is 1. The summed E-state index contributed by atoms with van der Waals surface area (Å²) in [5, 5.41) is 5.01. The molecule has 0 aliphatic heterocycles. The Morgan fingerprint density at radius 3 is 2.79 bits per heavy atom. The molecule has 0 radical (unpaired) electrons. The largest absolute Gasteiger partial charge is 0.384 e. The first-order valence-corrected chi connectivity index (χ1v) is 9.72. The van der Waals surface area contributed by atoms with Crippen molar-refractivity contribution in [2.45, 2.75) is 38.5 Å². The Morgan fingerprint density at radius 1 is 1.12 bits per heavy atom. The maximum atomic E-state index is 5.76. The third kappa shape index (κ3) is 4.20. The molecule has 0 unspecified atom stereocenters. The summed E-state index contributed by atoms with van der Waals surface area (Å²) in [4.78, 5) is 7.27. The highest BCUT2D eigenvalue weighted by atomic mass is 35.5. The number of para-hydroxylation sites is 1. The fraction of sp³-hybridized carbons (Fsp3) is 0.550. The van der Waals surface area contributed by atoms with Crippen LogP contribution in [-0.2, 0) is 12.8 Å². The van der Waals surface area contributed by atoms with E-state index >= 15 is 0 Å². The number of rotatable bonds is 8. The van der Waals surface area contributed by atoms with Gasteiger partial charge in [0.15, 0.2) is 0 Å². The summed E-state index contributed by atoms with van der Waals surface area (Å²) in [5.74, 6) is 0.748. The van der Waals surface area contributed by atoms with E-state index in [4.69, 9.17) is 16.6 Å². The van der Waals surface area contributed by atoms with E-state index in [1.807, 2.05) is 0 Å². The van der Waals surface area contributed by atoms with E-state index in [1.165, 1.54) is 35.2 Å². The average Bonchev–Trinajstić information content (AvgIpc) is 2.62. The molecule has 0 saturated carbocycles. The van der Waals surface area contributed by atoms with E-state index in [1.54, 1.807) is 0 Å².